The normalized spacial score (nSPS) is 14.8. The molecule has 98 heavy (non-hydrogen) atoms. The van der Waals surface area contributed by atoms with Gasteiger partial charge in [0.15, 0.2) is 12.2 Å². The molecular weight excluding hydrogens is 1280 g/mol. The topological polar surface area (TPSA) is 237 Å². The van der Waals surface area contributed by atoms with Gasteiger partial charge >= 0.3 is 39.5 Å². The highest BCUT2D eigenvalue weighted by Crippen LogP contribution is 2.45. The zero-order valence-electron chi connectivity index (χ0n) is 60.7. The van der Waals surface area contributed by atoms with Crippen LogP contribution in [0.3, 0.4) is 0 Å². The minimum Gasteiger partial charge on any atom is -0.462 e. The van der Waals surface area contributed by atoms with Crippen molar-refractivity contribution in [3.63, 3.8) is 0 Å². The number of esters is 4. The monoisotopic (exact) mass is 1410 g/mol. The first kappa shape index (κ1) is 92.9. The summed E-state index contributed by atoms with van der Waals surface area (Å²) in [6, 6.07) is 0. The number of phosphoric acid groups is 2. The van der Waals surface area contributed by atoms with Gasteiger partial charge in [-0.25, -0.2) is 9.13 Å². The van der Waals surface area contributed by atoms with Gasteiger partial charge in [-0.15, -0.1) is 0 Å². The lowest BCUT2D eigenvalue weighted by atomic mass is 10.1. The van der Waals surface area contributed by atoms with Crippen molar-refractivity contribution in [3.8, 4) is 0 Å². The zero-order valence-corrected chi connectivity index (χ0v) is 62.4. The summed E-state index contributed by atoms with van der Waals surface area (Å²) in [5.74, 6) is -2.42. The summed E-state index contributed by atoms with van der Waals surface area (Å²) in [5.41, 5.74) is 0. The molecule has 0 aromatic carbocycles. The van der Waals surface area contributed by atoms with E-state index in [1.54, 1.807) is 12.2 Å². The lowest BCUT2D eigenvalue weighted by molar-refractivity contribution is -0.161. The number of carbonyl (C=O) groups excluding carboxylic acids is 4. The van der Waals surface area contributed by atoms with Crippen molar-refractivity contribution in [1.29, 1.82) is 0 Å². The quantitative estimate of drug-likeness (QED) is 0.0169. The molecule has 0 aliphatic rings. The van der Waals surface area contributed by atoms with E-state index in [9.17, 15) is 43.2 Å². The van der Waals surface area contributed by atoms with Crippen LogP contribution in [-0.2, 0) is 65.4 Å². The molecular formula is C79H130O17P2. The third kappa shape index (κ3) is 69.4. The van der Waals surface area contributed by atoms with Crippen LogP contribution in [0.5, 0.6) is 0 Å². The molecule has 0 aliphatic carbocycles. The number of aliphatic hydroxyl groups excluding tert-OH is 1. The molecule has 0 amide bonds. The van der Waals surface area contributed by atoms with Crippen molar-refractivity contribution in [2.75, 3.05) is 39.6 Å². The molecule has 0 radical (unpaired) electrons. The minimum atomic E-state index is -5.01. The van der Waals surface area contributed by atoms with Gasteiger partial charge in [0, 0.05) is 19.3 Å². The Morgan fingerprint density at radius 3 is 0.959 bits per heavy atom. The summed E-state index contributed by atoms with van der Waals surface area (Å²) in [7, 11) is -10.0. The van der Waals surface area contributed by atoms with Gasteiger partial charge in [-0.2, -0.15) is 0 Å². The maximum absolute atomic E-state index is 13.1. The van der Waals surface area contributed by atoms with Gasteiger partial charge in [0.05, 0.1) is 32.8 Å². The molecule has 558 valence electrons. The number of rotatable bonds is 68. The van der Waals surface area contributed by atoms with E-state index in [4.69, 9.17) is 37.0 Å². The average molecular weight is 1410 g/mol. The third-order valence-corrected chi connectivity index (χ3v) is 16.7. The van der Waals surface area contributed by atoms with E-state index in [0.29, 0.717) is 32.1 Å². The van der Waals surface area contributed by atoms with Crippen LogP contribution in [0.15, 0.2) is 146 Å². The van der Waals surface area contributed by atoms with Gasteiger partial charge in [-0.1, -0.05) is 251 Å². The molecule has 0 aromatic heterocycles. The van der Waals surface area contributed by atoms with E-state index in [0.717, 1.165) is 135 Å². The summed E-state index contributed by atoms with van der Waals surface area (Å²) >= 11 is 0. The predicted octanol–water partition coefficient (Wildman–Crippen LogP) is 21.1. The Morgan fingerprint density at radius 2 is 0.582 bits per heavy atom. The van der Waals surface area contributed by atoms with E-state index in [2.05, 4.69) is 137 Å². The number of ether oxygens (including phenoxy) is 4. The number of allylic oxidation sites excluding steroid dienone is 23. The van der Waals surface area contributed by atoms with Crippen LogP contribution in [0.25, 0.3) is 0 Å². The van der Waals surface area contributed by atoms with E-state index >= 15 is 0 Å². The second-order valence-corrected chi connectivity index (χ2v) is 27.0. The van der Waals surface area contributed by atoms with Crippen LogP contribution in [-0.4, -0.2) is 96.7 Å². The molecule has 3 N–H and O–H groups in total. The Hall–Kier alpha value is -5.06. The Kier molecular flexibility index (Phi) is 66.7. The van der Waals surface area contributed by atoms with Gasteiger partial charge in [0.25, 0.3) is 0 Å². The Labute approximate surface area is 592 Å². The molecule has 0 aliphatic heterocycles. The zero-order chi connectivity index (χ0) is 71.8. The first-order valence-electron chi connectivity index (χ1n) is 37.1. The van der Waals surface area contributed by atoms with Gasteiger partial charge in [-0.3, -0.25) is 37.3 Å². The second kappa shape index (κ2) is 70.4. The largest absolute Gasteiger partial charge is 0.472 e. The Bertz CT molecular complexity index is 2430. The maximum Gasteiger partial charge on any atom is 0.472 e. The SMILES string of the molecule is CC/C=C\C/C=C\C/C=C\C/C=C\C/C=C\CCCC(=O)OCC(COP(=O)(O)OCC(O)COP(=O)(O)OCC(COC(=O)CCCCCCC/C=C\CCCCCC)OC(=O)CCCCCCC/C=C\CCCCCC)OC(=O)C/C=C\C/C=C\C/C=C\C/C=C\C/C=C\CC. The number of unbranched alkanes of at least 4 members (excludes halogenated alkanes) is 19. The molecule has 0 saturated heterocycles. The first-order valence-corrected chi connectivity index (χ1v) is 40.1. The fourth-order valence-electron chi connectivity index (χ4n) is 9.20. The number of carbonyl (C=O) groups is 4. The molecule has 0 rings (SSSR count). The lowest BCUT2D eigenvalue weighted by Crippen LogP contribution is -2.30. The predicted molar refractivity (Wildman–Crippen MR) is 399 cm³/mol. The number of hydrogen-bond donors (Lipinski definition) is 3. The molecule has 0 saturated carbocycles. The average Bonchev–Trinajstić information content (AvgIpc) is 1.05. The maximum atomic E-state index is 13.1. The molecule has 0 heterocycles. The van der Waals surface area contributed by atoms with Crippen molar-refractivity contribution >= 4 is 39.5 Å². The second-order valence-electron chi connectivity index (χ2n) is 24.1. The number of aliphatic hydroxyl groups is 1. The van der Waals surface area contributed by atoms with Gasteiger partial charge < -0.3 is 33.8 Å². The highest BCUT2D eigenvalue weighted by Gasteiger charge is 2.30. The lowest BCUT2D eigenvalue weighted by Gasteiger charge is -2.21. The third-order valence-electron chi connectivity index (χ3n) is 14.8. The van der Waals surface area contributed by atoms with E-state index in [1.807, 2.05) is 24.3 Å². The standard InChI is InChI=1S/C79H130O17P2/c1-5-9-13-17-21-25-29-33-35-36-38-41-44-48-52-56-60-64-77(82)90-70-75(96-79(84)66-62-58-54-50-46-42-37-34-30-26-22-18-14-10-6-2)72-94-98(87,88)92-68-73(80)67-91-97(85,86)93-71-74(95-78(83)65-61-57-53-49-45-40-32-28-24-20-16-12-8-4)69-89-76(81)63-59-55-51-47-43-39-31-27-23-19-15-11-7-3/h9-10,13-14,21-22,25-28,31-35,37-38,41,46,48,50,52,58,62,73-75,80H,5-8,11-12,15-20,23-24,29-30,36,39-40,42-45,47,49,51,53-57,59-61,63-72H2,1-4H3,(H,85,86)(H,87,88)/b13-9-,14-10-,25-21-,26-22-,31-27-,32-28-,35-33-,37-34-,41-38-,50-46-,52-48-,62-58-. The van der Waals surface area contributed by atoms with E-state index in [-0.39, 0.29) is 25.7 Å². The van der Waals surface area contributed by atoms with Gasteiger partial charge in [0.1, 0.15) is 19.3 Å². The fraction of sp³-hybridized carbons (Fsp3) is 0.646. The summed E-state index contributed by atoms with van der Waals surface area (Å²) in [6.07, 6.45) is 78.9. The highest BCUT2D eigenvalue weighted by molar-refractivity contribution is 7.47. The van der Waals surface area contributed by atoms with Crippen LogP contribution in [0.1, 0.15) is 272 Å². The molecule has 0 fully saturated rings. The van der Waals surface area contributed by atoms with Crippen molar-refractivity contribution in [1.82, 2.24) is 0 Å². The van der Waals surface area contributed by atoms with E-state index < -0.39 is 97.5 Å². The number of hydrogen-bond acceptors (Lipinski definition) is 15. The fourth-order valence-corrected chi connectivity index (χ4v) is 10.8. The molecule has 0 spiro atoms. The summed E-state index contributed by atoms with van der Waals surface area (Å²) in [6.45, 7) is 4.39. The summed E-state index contributed by atoms with van der Waals surface area (Å²) in [4.78, 5) is 72.7. The summed E-state index contributed by atoms with van der Waals surface area (Å²) < 4.78 is 68.2. The first-order chi connectivity index (χ1) is 47.7. The molecule has 17 nitrogen and oxygen atoms in total. The Morgan fingerprint density at radius 1 is 0.306 bits per heavy atom. The smallest absolute Gasteiger partial charge is 0.462 e. The van der Waals surface area contributed by atoms with Crippen molar-refractivity contribution in [2.24, 2.45) is 0 Å². The van der Waals surface area contributed by atoms with Crippen molar-refractivity contribution in [3.05, 3.63) is 146 Å². The van der Waals surface area contributed by atoms with Gasteiger partial charge in [-0.05, 0) is 141 Å². The van der Waals surface area contributed by atoms with E-state index in [1.165, 1.54) is 51.4 Å². The van der Waals surface area contributed by atoms with Crippen molar-refractivity contribution < 1.29 is 80.2 Å². The van der Waals surface area contributed by atoms with Crippen LogP contribution >= 0.6 is 15.6 Å². The molecule has 5 atom stereocenters. The van der Waals surface area contributed by atoms with Crippen LogP contribution in [0.4, 0.5) is 0 Å². The number of phosphoric ester groups is 2. The van der Waals surface area contributed by atoms with Crippen LogP contribution < -0.4 is 0 Å². The van der Waals surface area contributed by atoms with Crippen LogP contribution in [0.2, 0.25) is 0 Å². The molecule has 0 bridgehead atoms. The summed E-state index contributed by atoms with van der Waals surface area (Å²) in [5, 5.41) is 10.6. The van der Waals surface area contributed by atoms with Crippen LogP contribution in [0, 0.1) is 0 Å². The molecule has 0 aromatic rings. The highest BCUT2D eigenvalue weighted by atomic mass is 31.2. The molecule has 19 heteroatoms. The van der Waals surface area contributed by atoms with Gasteiger partial charge in [0.2, 0.25) is 0 Å². The Balaban J connectivity index is 5.49. The molecule has 5 unspecified atom stereocenters. The minimum absolute atomic E-state index is 0.0588. The van der Waals surface area contributed by atoms with Crippen molar-refractivity contribution in [2.45, 2.75) is 290 Å².